The molecule has 16 heavy (non-hydrogen) atoms. The van der Waals surface area contributed by atoms with E-state index in [2.05, 4.69) is 11.3 Å². The Bertz CT molecular complexity index is 317. The molecular weight excluding hydrogens is 208 g/mol. The predicted octanol–water partition coefficient (Wildman–Crippen LogP) is 2.60. The van der Waals surface area contributed by atoms with Gasteiger partial charge < -0.3 is 9.47 Å². The van der Waals surface area contributed by atoms with Gasteiger partial charge in [0.2, 0.25) is 0 Å². The van der Waals surface area contributed by atoms with Crippen molar-refractivity contribution in [1.82, 2.24) is 0 Å². The van der Waals surface area contributed by atoms with E-state index in [0.29, 0.717) is 12.2 Å². The largest absolute Gasteiger partial charge is 0.513 e. The van der Waals surface area contributed by atoms with Crippen molar-refractivity contribution >= 4 is 11.9 Å². The molecule has 1 unspecified atom stereocenters. The number of allylic oxidation sites excluding steroid dienone is 2. The molecule has 0 amide bonds. The number of hydrogen-bond acceptors (Lipinski definition) is 4. The molecule has 1 aliphatic rings. The van der Waals surface area contributed by atoms with Crippen LogP contribution in [0.25, 0.3) is 0 Å². The third-order valence-corrected chi connectivity index (χ3v) is 2.38. The summed E-state index contributed by atoms with van der Waals surface area (Å²) in [6, 6.07) is 0. The Hall–Kier alpha value is -1.58. The van der Waals surface area contributed by atoms with E-state index in [9.17, 15) is 9.59 Å². The van der Waals surface area contributed by atoms with Crippen molar-refractivity contribution in [2.75, 3.05) is 6.61 Å². The van der Waals surface area contributed by atoms with Crippen LogP contribution in [0.1, 0.15) is 26.2 Å². The molecule has 1 aliphatic carbocycles. The normalized spacial score (nSPS) is 20.7. The molecule has 0 radical (unpaired) electrons. The molecule has 1 rings (SSSR count). The molecule has 88 valence electrons. The molecule has 0 heterocycles. The molecular formula is C12H16O4. The first-order valence-electron chi connectivity index (χ1n) is 5.33. The van der Waals surface area contributed by atoms with E-state index in [-0.39, 0.29) is 18.3 Å². The van der Waals surface area contributed by atoms with Crippen molar-refractivity contribution in [1.29, 1.82) is 0 Å². The lowest BCUT2D eigenvalue weighted by Gasteiger charge is -2.05. The summed E-state index contributed by atoms with van der Waals surface area (Å²) in [7, 11) is 0. The van der Waals surface area contributed by atoms with Gasteiger partial charge in [0.25, 0.3) is 0 Å². The topological polar surface area (TPSA) is 52.6 Å². The summed E-state index contributed by atoms with van der Waals surface area (Å²) >= 11 is 0. The van der Waals surface area contributed by atoms with Crippen LogP contribution >= 0.6 is 0 Å². The molecule has 0 saturated heterocycles. The zero-order chi connectivity index (χ0) is 12.0. The van der Waals surface area contributed by atoms with Gasteiger partial charge in [0.1, 0.15) is 12.4 Å². The van der Waals surface area contributed by atoms with Crippen LogP contribution in [0.5, 0.6) is 0 Å². The van der Waals surface area contributed by atoms with E-state index >= 15 is 0 Å². The average Bonchev–Trinajstić information content (AvgIpc) is 2.39. The van der Waals surface area contributed by atoms with Gasteiger partial charge in [-0.05, 0) is 12.8 Å². The first-order valence-corrected chi connectivity index (χ1v) is 5.33. The SMILES string of the molecule is C=CCOC(=O)OC1=CC(=O)C(C)CCC1. The second kappa shape index (κ2) is 6.10. The zero-order valence-electron chi connectivity index (χ0n) is 9.40. The van der Waals surface area contributed by atoms with Crippen LogP contribution in [0.4, 0.5) is 4.79 Å². The third kappa shape index (κ3) is 3.88. The van der Waals surface area contributed by atoms with Gasteiger partial charge in [-0.15, -0.1) is 0 Å². The minimum absolute atomic E-state index is 0.00372. The van der Waals surface area contributed by atoms with Crippen LogP contribution in [0.2, 0.25) is 0 Å². The molecule has 0 aromatic carbocycles. The predicted molar refractivity (Wildman–Crippen MR) is 58.7 cm³/mol. The van der Waals surface area contributed by atoms with Gasteiger partial charge in [-0.3, -0.25) is 4.79 Å². The van der Waals surface area contributed by atoms with Gasteiger partial charge in [0.15, 0.2) is 5.78 Å². The van der Waals surface area contributed by atoms with Gasteiger partial charge in [0, 0.05) is 18.4 Å². The summed E-state index contributed by atoms with van der Waals surface area (Å²) in [5.74, 6) is 0.401. The van der Waals surface area contributed by atoms with Crippen molar-refractivity contribution in [2.45, 2.75) is 26.2 Å². The van der Waals surface area contributed by atoms with E-state index in [0.717, 1.165) is 12.8 Å². The second-order valence-corrected chi connectivity index (χ2v) is 3.76. The molecule has 0 aliphatic heterocycles. The van der Waals surface area contributed by atoms with Gasteiger partial charge >= 0.3 is 6.16 Å². The number of ketones is 1. The molecule has 0 fully saturated rings. The minimum atomic E-state index is -0.784. The molecule has 0 spiro atoms. The first kappa shape index (κ1) is 12.5. The zero-order valence-corrected chi connectivity index (χ0v) is 9.40. The highest BCUT2D eigenvalue weighted by Crippen LogP contribution is 2.20. The quantitative estimate of drug-likeness (QED) is 0.546. The number of carbonyl (C=O) groups excluding carboxylic acids is 2. The fourth-order valence-corrected chi connectivity index (χ4v) is 1.44. The fourth-order valence-electron chi connectivity index (χ4n) is 1.44. The van der Waals surface area contributed by atoms with Crippen LogP contribution in [0.3, 0.4) is 0 Å². The van der Waals surface area contributed by atoms with Crippen molar-refractivity contribution in [2.24, 2.45) is 5.92 Å². The highest BCUT2D eigenvalue weighted by molar-refractivity contribution is 5.92. The van der Waals surface area contributed by atoms with Crippen LogP contribution in [-0.4, -0.2) is 18.5 Å². The maximum Gasteiger partial charge on any atom is 0.513 e. The smallest absolute Gasteiger partial charge is 0.430 e. The Balaban J connectivity index is 2.52. The van der Waals surface area contributed by atoms with Gasteiger partial charge in [-0.25, -0.2) is 4.79 Å². The van der Waals surface area contributed by atoms with Crippen LogP contribution in [0, 0.1) is 5.92 Å². The van der Waals surface area contributed by atoms with Crippen LogP contribution in [-0.2, 0) is 14.3 Å². The van der Waals surface area contributed by atoms with E-state index < -0.39 is 6.16 Å². The Morgan fingerprint density at radius 2 is 2.44 bits per heavy atom. The molecule has 0 aromatic rings. The lowest BCUT2D eigenvalue weighted by Crippen LogP contribution is -2.09. The summed E-state index contributed by atoms with van der Waals surface area (Å²) in [5, 5.41) is 0. The maximum atomic E-state index is 11.5. The monoisotopic (exact) mass is 224 g/mol. The maximum absolute atomic E-state index is 11.5. The first-order chi connectivity index (χ1) is 7.63. The summed E-state index contributed by atoms with van der Waals surface area (Å²) in [5.41, 5.74) is 0. The highest BCUT2D eigenvalue weighted by Gasteiger charge is 2.18. The van der Waals surface area contributed by atoms with Gasteiger partial charge in [-0.1, -0.05) is 19.6 Å². The number of ether oxygens (including phenoxy) is 2. The van der Waals surface area contributed by atoms with Crippen molar-refractivity contribution in [3.8, 4) is 0 Å². The third-order valence-electron chi connectivity index (χ3n) is 2.38. The Morgan fingerprint density at radius 3 is 3.12 bits per heavy atom. The fraction of sp³-hybridized carbons (Fsp3) is 0.500. The Labute approximate surface area is 94.9 Å². The average molecular weight is 224 g/mol. The Kier molecular flexibility index (Phi) is 4.76. The molecule has 0 N–H and O–H groups in total. The molecule has 0 aromatic heterocycles. The molecule has 0 bridgehead atoms. The van der Waals surface area contributed by atoms with Crippen molar-refractivity contribution in [3.63, 3.8) is 0 Å². The second-order valence-electron chi connectivity index (χ2n) is 3.76. The summed E-state index contributed by atoms with van der Waals surface area (Å²) in [4.78, 5) is 22.6. The van der Waals surface area contributed by atoms with E-state index in [1.807, 2.05) is 6.92 Å². The van der Waals surface area contributed by atoms with Crippen molar-refractivity contribution in [3.05, 3.63) is 24.5 Å². The van der Waals surface area contributed by atoms with Crippen LogP contribution in [0.15, 0.2) is 24.5 Å². The number of rotatable bonds is 3. The van der Waals surface area contributed by atoms with E-state index in [4.69, 9.17) is 4.74 Å². The molecule has 0 saturated carbocycles. The Morgan fingerprint density at radius 1 is 1.69 bits per heavy atom. The van der Waals surface area contributed by atoms with Crippen LogP contribution < -0.4 is 0 Å². The molecule has 4 nitrogen and oxygen atoms in total. The summed E-state index contributed by atoms with van der Waals surface area (Å²) in [6.45, 7) is 5.40. The standard InChI is InChI=1S/C12H16O4/c1-3-7-15-12(14)16-10-6-4-5-9(2)11(13)8-10/h3,8-9H,1,4-7H2,2H3. The summed E-state index contributed by atoms with van der Waals surface area (Å²) < 4.78 is 9.59. The number of carbonyl (C=O) groups is 2. The lowest BCUT2D eigenvalue weighted by atomic mass is 10.0. The minimum Gasteiger partial charge on any atom is -0.430 e. The highest BCUT2D eigenvalue weighted by atomic mass is 16.7. The number of hydrogen-bond donors (Lipinski definition) is 0. The lowest BCUT2D eigenvalue weighted by molar-refractivity contribution is -0.117. The summed E-state index contributed by atoms with van der Waals surface area (Å²) in [6.07, 6.45) is 4.33. The molecule has 1 atom stereocenters. The van der Waals surface area contributed by atoms with Gasteiger partial charge in [0.05, 0.1) is 0 Å². The van der Waals surface area contributed by atoms with Crippen molar-refractivity contribution < 1.29 is 19.1 Å². The van der Waals surface area contributed by atoms with E-state index in [1.54, 1.807) is 0 Å². The van der Waals surface area contributed by atoms with E-state index in [1.165, 1.54) is 12.2 Å². The molecule has 4 heteroatoms. The van der Waals surface area contributed by atoms with Gasteiger partial charge in [-0.2, -0.15) is 0 Å².